The Bertz CT molecular complexity index is 679. The van der Waals surface area contributed by atoms with Gasteiger partial charge in [-0.25, -0.2) is 13.8 Å². The standard InChI is InChI=1S/C15H18F2N4O2/c1-20-15(18-9-19-20)13-8-23-5-4-21(13)7-14(22)11-3-2-10(16)6-12(11)17/h2-3,6,9,13-14,22H,4-5,7-8H2,1H3. The second-order valence-electron chi connectivity index (χ2n) is 5.51. The molecule has 1 aromatic heterocycles. The molecule has 0 bridgehead atoms. The number of rotatable bonds is 4. The van der Waals surface area contributed by atoms with Gasteiger partial charge in [-0.1, -0.05) is 6.07 Å². The van der Waals surface area contributed by atoms with Crippen LogP contribution in [0.3, 0.4) is 0 Å². The number of aromatic nitrogens is 3. The van der Waals surface area contributed by atoms with Crippen LogP contribution in [-0.4, -0.2) is 51.1 Å². The molecule has 2 aromatic rings. The highest BCUT2D eigenvalue weighted by Crippen LogP contribution is 2.26. The maximum atomic E-state index is 13.8. The minimum absolute atomic E-state index is 0.0783. The van der Waals surface area contributed by atoms with E-state index in [4.69, 9.17) is 4.74 Å². The van der Waals surface area contributed by atoms with E-state index >= 15 is 0 Å². The van der Waals surface area contributed by atoms with Crippen molar-refractivity contribution >= 4 is 0 Å². The summed E-state index contributed by atoms with van der Waals surface area (Å²) in [5.74, 6) is -0.695. The summed E-state index contributed by atoms with van der Waals surface area (Å²) in [5, 5.41) is 14.4. The lowest BCUT2D eigenvalue weighted by atomic mass is 10.1. The summed E-state index contributed by atoms with van der Waals surface area (Å²) in [6.07, 6.45) is 0.391. The Morgan fingerprint density at radius 3 is 2.96 bits per heavy atom. The van der Waals surface area contributed by atoms with Gasteiger partial charge >= 0.3 is 0 Å². The number of morpholine rings is 1. The number of ether oxygens (including phenoxy) is 1. The van der Waals surface area contributed by atoms with E-state index in [1.165, 1.54) is 12.4 Å². The summed E-state index contributed by atoms with van der Waals surface area (Å²) in [6.45, 7) is 1.72. The first-order chi connectivity index (χ1) is 11.1. The molecule has 0 spiro atoms. The molecule has 1 aliphatic rings. The van der Waals surface area contributed by atoms with Crippen LogP contribution in [0.5, 0.6) is 0 Å². The zero-order valence-electron chi connectivity index (χ0n) is 12.7. The zero-order valence-corrected chi connectivity index (χ0v) is 12.7. The van der Waals surface area contributed by atoms with Crippen LogP contribution in [0.25, 0.3) is 0 Å². The Hall–Kier alpha value is -1.90. The summed E-state index contributed by atoms with van der Waals surface area (Å²) in [7, 11) is 1.78. The molecule has 124 valence electrons. The lowest BCUT2D eigenvalue weighted by Crippen LogP contribution is -2.42. The summed E-state index contributed by atoms with van der Waals surface area (Å²) in [6, 6.07) is 3.01. The minimum atomic E-state index is -1.07. The number of β-amino-alcohol motifs (C(OH)–C–C–N with tert-alkyl or cyclic N) is 1. The largest absolute Gasteiger partial charge is 0.387 e. The first kappa shape index (κ1) is 16.0. The Balaban J connectivity index is 1.78. The fourth-order valence-corrected chi connectivity index (χ4v) is 2.79. The summed E-state index contributed by atoms with van der Waals surface area (Å²) in [4.78, 5) is 6.20. The lowest BCUT2D eigenvalue weighted by Gasteiger charge is -2.36. The smallest absolute Gasteiger partial charge is 0.146 e. The summed E-state index contributed by atoms with van der Waals surface area (Å²) < 4.78 is 34.0. The van der Waals surface area contributed by atoms with Crippen LogP contribution in [0.1, 0.15) is 23.5 Å². The average molecular weight is 324 g/mol. The van der Waals surface area contributed by atoms with Crippen LogP contribution >= 0.6 is 0 Å². The highest BCUT2D eigenvalue weighted by Gasteiger charge is 2.30. The number of aryl methyl sites for hydroxylation is 1. The third-order valence-electron chi connectivity index (χ3n) is 4.01. The molecule has 1 aliphatic heterocycles. The normalized spacial score (nSPS) is 20.6. The molecule has 2 atom stereocenters. The van der Waals surface area contributed by atoms with Gasteiger partial charge in [0.05, 0.1) is 25.4 Å². The van der Waals surface area contributed by atoms with Crippen LogP contribution in [-0.2, 0) is 11.8 Å². The van der Waals surface area contributed by atoms with Gasteiger partial charge in [-0.3, -0.25) is 9.58 Å². The van der Waals surface area contributed by atoms with E-state index in [-0.39, 0.29) is 18.2 Å². The number of benzene rings is 1. The van der Waals surface area contributed by atoms with Crippen molar-refractivity contribution in [2.75, 3.05) is 26.3 Å². The first-order valence-electron chi connectivity index (χ1n) is 7.35. The van der Waals surface area contributed by atoms with Crippen molar-refractivity contribution in [2.45, 2.75) is 12.1 Å². The fourth-order valence-electron chi connectivity index (χ4n) is 2.79. The zero-order chi connectivity index (χ0) is 16.4. The van der Waals surface area contributed by atoms with Crippen LogP contribution in [0, 0.1) is 11.6 Å². The lowest BCUT2D eigenvalue weighted by molar-refractivity contribution is -0.0322. The summed E-state index contributed by atoms with van der Waals surface area (Å²) in [5.41, 5.74) is 0.0783. The van der Waals surface area contributed by atoms with E-state index in [2.05, 4.69) is 10.1 Å². The molecule has 0 aliphatic carbocycles. The number of aliphatic hydroxyl groups excluding tert-OH is 1. The highest BCUT2D eigenvalue weighted by atomic mass is 19.1. The summed E-state index contributed by atoms with van der Waals surface area (Å²) >= 11 is 0. The predicted molar refractivity (Wildman–Crippen MR) is 77.5 cm³/mol. The molecule has 3 rings (SSSR count). The average Bonchev–Trinajstić information content (AvgIpc) is 2.93. The van der Waals surface area contributed by atoms with Gasteiger partial charge in [0.25, 0.3) is 0 Å². The molecule has 8 heteroatoms. The number of halogens is 2. The second kappa shape index (κ2) is 6.69. The van der Waals surface area contributed by atoms with Gasteiger partial charge in [0, 0.05) is 31.8 Å². The van der Waals surface area contributed by atoms with E-state index in [9.17, 15) is 13.9 Å². The third kappa shape index (κ3) is 3.39. The molecular weight excluding hydrogens is 306 g/mol. The molecule has 1 saturated heterocycles. The van der Waals surface area contributed by atoms with Crippen molar-refractivity contribution in [2.24, 2.45) is 7.05 Å². The van der Waals surface area contributed by atoms with Crippen molar-refractivity contribution in [3.8, 4) is 0 Å². The molecular formula is C15H18F2N4O2. The highest BCUT2D eigenvalue weighted by molar-refractivity contribution is 5.21. The second-order valence-corrected chi connectivity index (χ2v) is 5.51. The number of aliphatic hydroxyl groups is 1. The Labute approximate surface area is 132 Å². The van der Waals surface area contributed by atoms with E-state index in [0.717, 1.165) is 18.0 Å². The van der Waals surface area contributed by atoms with Crippen LogP contribution < -0.4 is 0 Å². The van der Waals surface area contributed by atoms with Gasteiger partial charge < -0.3 is 9.84 Å². The maximum Gasteiger partial charge on any atom is 0.146 e. The third-order valence-corrected chi connectivity index (χ3v) is 4.01. The van der Waals surface area contributed by atoms with Gasteiger partial charge in [-0.15, -0.1) is 0 Å². The first-order valence-corrected chi connectivity index (χ1v) is 7.35. The van der Waals surface area contributed by atoms with Crippen LogP contribution in [0.15, 0.2) is 24.5 Å². The molecule has 1 N–H and O–H groups in total. The molecule has 2 heterocycles. The van der Waals surface area contributed by atoms with Crippen molar-refractivity contribution in [1.82, 2.24) is 19.7 Å². The monoisotopic (exact) mass is 324 g/mol. The van der Waals surface area contributed by atoms with E-state index in [1.54, 1.807) is 11.7 Å². The molecule has 2 unspecified atom stereocenters. The van der Waals surface area contributed by atoms with Gasteiger partial charge in [0.15, 0.2) is 0 Å². The minimum Gasteiger partial charge on any atom is -0.387 e. The van der Waals surface area contributed by atoms with Gasteiger partial charge in [-0.05, 0) is 6.07 Å². The number of nitrogens with zero attached hydrogens (tertiary/aromatic N) is 4. The molecule has 0 saturated carbocycles. The molecule has 1 aromatic carbocycles. The Morgan fingerprint density at radius 2 is 2.26 bits per heavy atom. The molecule has 0 amide bonds. The van der Waals surface area contributed by atoms with Crippen LogP contribution in [0.2, 0.25) is 0 Å². The van der Waals surface area contributed by atoms with Crippen molar-refractivity contribution < 1.29 is 18.6 Å². The van der Waals surface area contributed by atoms with E-state index in [0.29, 0.717) is 19.8 Å². The maximum absolute atomic E-state index is 13.8. The SMILES string of the molecule is Cn1ncnc1C1COCCN1CC(O)c1ccc(F)cc1F. The van der Waals surface area contributed by atoms with Crippen molar-refractivity contribution in [3.05, 3.63) is 47.5 Å². The van der Waals surface area contributed by atoms with Gasteiger partial charge in [0.2, 0.25) is 0 Å². The number of hydrogen-bond donors (Lipinski definition) is 1. The van der Waals surface area contributed by atoms with Gasteiger partial charge in [-0.2, -0.15) is 5.10 Å². The number of hydrogen-bond acceptors (Lipinski definition) is 5. The Morgan fingerprint density at radius 1 is 1.43 bits per heavy atom. The molecule has 23 heavy (non-hydrogen) atoms. The van der Waals surface area contributed by atoms with E-state index < -0.39 is 17.7 Å². The Kier molecular flexibility index (Phi) is 4.65. The van der Waals surface area contributed by atoms with Crippen LogP contribution in [0.4, 0.5) is 8.78 Å². The topological polar surface area (TPSA) is 63.4 Å². The quantitative estimate of drug-likeness (QED) is 0.916. The fraction of sp³-hybridized carbons (Fsp3) is 0.467. The molecule has 6 nitrogen and oxygen atoms in total. The molecule has 1 fully saturated rings. The van der Waals surface area contributed by atoms with E-state index in [1.807, 2.05) is 4.90 Å². The van der Waals surface area contributed by atoms with Crippen molar-refractivity contribution in [3.63, 3.8) is 0 Å². The van der Waals surface area contributed by atoms with Crippen molar-refractivity contribution in [1.29, 1.82) is 0 Å². The molecule has 0 radical (unpaired) electrons. The predicted octanol–water partition coefficient (Wildman–Crippen LogP) is 1.20. The van der Waals surface area contributed by atoms with Gasteiger partial charge in [0.1, 0.15) is 23.8 Å².